The predicted octanol–water partition coefficient (Wildman–Crippen LogP) is 1.87. The quantitative estimate of drug-likeness (QED) is 0.664. The molecule has 3 amide bonds. The number of anilines is 2. The molecule has 1 aromatic carbocycles. The number of hydrogen-bond donors (Lipinski definition) is 3. The van der Waals surface area contributed by atoms with Gasteiger partial charge < -0.3 is 15.0 Å². The molecule has 2 rings (SSSR count). The van der Waals surface area contributed by atoms with E-state index in [4.69, 9.17) is 0 Å². The molecule has 27 heavy (non-hydrogen) atoms. The molecule has 0 aliphatic rings. The monoisotopic (exact) mass is 391 g/mol. The predicted molar refractivity (Wildman–Crippen MR) is 103 cm³/mol. The van der Waals surface area contributed by atoms with Gasteiger partial charge in [-0.1, -0.05) is 0 Å². The van der Waals surface area contributed by atoms with E-state index < -0.39 is 6.09 Å². The van der Waals surface area contributed by atoms with Gasteiger partial charge in [-0.05, 0) is 38.4 Å². The van der Waals surface area contributed by atoms with Crippen LogP contribution in [0.2, 0.25) is 0 Å². The van der Waals surface area contributed by atoms with Gasteiger partial charge in [-0.25, -0.2) is 9.78 Å². The number of aromatic nitrogens is 1. The summed E-state index contributed by atoms with van der Waals surface area (Å²) in [6, 6.07) is 6.28. The Balaban J connectivity index is 1.91. The Kier molecular flexibility index (Phi) is 7.26. The molecule has 0 aliphatic heterocycles. The molecule has 1 heterocycles. The number of likely N-dealkylation sites (N-methyl/N-ethyl adjacent to an activating group) is 1. The number of rotatable bonds is 7. The van der Waals surface area contributed by atoms with E-state index in [2.05, 4.69) is 25.7 Å². The number of carbonyl (C=O) groups excluding carboxylic acids is 3. The number of hydrogen-bond acceptors (Lipinski definition) is 7. The zero-order valence-corrected chi connectivity index (χ0v) is 16.1. The van der Waals surface area contributed by atoms with E-state index in [9.17, 15) is 14.4 Å². The first-order chi connectivity index (χ1) is 12.9. The lowest BCUT2D eigenvalue weighted by molar-refractivity contribution is 0.0945. The maximum Gasteiger partial charge on any atom is 0.411 e. The summed E-state index contributed by atoms with van der Waals surface area (Å²) in [5.74, 6) is -0.652. The minimum absolute atomic E-state index is 0.256. The van der Waals surface area contributed by atoms with Crippen molar-refractivity contribution in [2.24, 2.45) is 0 Å². The van der Waals surface area contributed by atoms with Crippen molar-refractivity contribution in [1.29, 1.82) is 0 Å². The summed E-state index contributed by atoms with van der Waals surface area (Å²) < 4.78 is 4.50. The molecule has 0 atom stereocenters. The topological polar surface area (TPSA) is 113 Å². The van der Waals surface area contributed by atoms with Gasteiger partial charge in [0.1, 0.15) is 5.69 Å². The normalized spacial score (nSPS) is 10.4. The molecule has 2 aromatic rings. The number of nitrogens with one attached hydrogen (secondary N) is 3. The van der Waals surface area contributed by atoms with Crippen molar-refractivity contribution < 1.29 is 19.1 Å². The molecule has 0 aliphatic carbocycles. The van der Waals surface area contributed by atoms with Gasteiger partial charge in [0.05, 0.1) is 7.11 Å². The maximum atomic E-state index is 12.3. The highest BCUT2D eigenvalue weighted by Gasteiger charge is 2.13. The van der Waals surface area contributed by atoms with Crippen LogP contribution in [0, 0.1) is 0 Å². The Hall–Kier alpha value is -2.98. The second-order valence-electron chi connectivity index (χ2n) is 5.75. The van der Waals surface area contributed by atoms with Crippen LogP contribution >= 0.6 is 11.3 Å². The highest BCUT2D eigenvalue weighted by molar-refractivity contribution is 7.14. The fourth-order valence-electron chi connectivity index (χ4n) is 1.96. The van der Waals surface area contributed by atoms with Gasteiger partial charge in [0.25, 0.3) is 11.8 Å². The zero-order valence-electron chi connectivity index (χ0n) is 15.2. The molecule has 144 valence electrons. The van der Waals surface area contributed by atoms with E-state index in [0.717, 1.165) is 6.54 Å². The summed E-state index contributed by atoms with van der Waals surface area (Å²) in [5.41, 5.74) is 1.15. The van der Waals surface area contributed by atoms with E-state index in [1.54, 1.807) is 29.6 Å². The standard InChI is InChI=1S/C17H21N5O4S/c1-22(2)9-8-18-15(24)13-10-27-16(20-13)21-14(23)11-4-6-12(7-5-11)19-17(25)26-3/h4-7,10H,8-9H2,1-3H3,(H,18,24)(H,19,25)(H,20,21,23). The molecule has 0 bridgehead atoms. The van der Waals surface area contributed by atoms with Gasteiger partial charge in [-0.15, -0.1) is 11.3 Å². The number of methoxy groups -OCH3 is 1. The fraction of sp³-hybridized carbons (Fsp3) is 0.294. The van der Waals surface area contributed by atoms with E-state index in [-0.39, 0.29) is 17.5 Å². The van der Waals surface area contributed by atoms with Crippen molar-refractivity contribution in [1.82, 2.24) is 15.2 Å². The van der Waals surface area contributed by atoms with Gasteiger partial charge in [-0.3, -0.25) is 20.2 Å². The summed E-state index contributed by atoms with van der Waals surface area (Å²) in [4.78, 5) is 41.5. The molecule has 0 saturated carbocycles. The molecule has 9 nitrogen and oxygen atoms in total. The zero-order chi connectivity index (χ0) is 19.8. The molecular weight excluding hydrogens is 370 g/mol. The van der Waals surface area contributed by atoms with Crippen LogP contribution in [-0.2, 0) is 4.74 Å². The largest absolute Gasteiger partial charge is 0.453 e. The summed E-state index contributed by atoms with van der Waals surface area (Å²) in [6.45, 7) is 1.23. The van der Waals surface area contributed by atoms with Gasteiger partial charge >= 0.3 is 6.09 Å². The van der Waals surface area contributed by atoms with Gasteiger partial charge in [0.2, 0.25) is 0 Å². The summed E-state index contributed by atoms with van der Waals surface area (Å²) >= 11 is 1.17. The van der Waals surface area contributed by atoms with Crippen molar-refractivity contribution in [2.45, 2.75) is 0 Å². The highest BCUT2D eigenvalue weighted by atomic mass is 32.1. The van der Waals surface area contributed by atoms with Gasteiger partial charge in [0.15, 0.2) is 5.13 Å². The van der Waals surface area contributed by atoms with Gasteiger partial charge in [0, 0.05) is 29.7 Å². The molecular formula is C17H21N5O4S. The van der Waals surface area contributed by atoms with E-state index in [0.29, 0.717) is 22.9 Å². The second-order valence-corrected chi connectivity index (χ2v) is 6.60. The number of thiazole rings is 1. The van der Waals surface area contributed by atoms with Crippen molar-refractivity contribution in [3.8, 4) is 0 Å². The average molecular weight is 391 g/mol. The molecule has 1 aromatic heterocycles. The van der Waals surface area contributed by atoms with Crippen molar-refractivity contribution >= 4 is 40.1 Å². The SMILES string of the molecule is COC(=O)Nc1ccc(C(=O)Nc2nc(C(=O)NCCN(C)C)cs2)cc1. The first kappa shape index (κ1) is 20.3. The fourth-order valence-corrected chi connectivity index (χ4v) is 2.65. The molecule has 0 spiro atoms. The molecule has 10 heteroatoms. The number of nitrogens with zero attached hydrogens (tertiary/aromatic N) is 2. The number of carbonyl (C=O) groups is 3. The lowest BCUT2D eigenvalue weighted by Crippen LogP contribution is -2.31. The Labute approximate surface area is 160 Å². The highest BCUT2D eigenvalue weighted by Crippen LogP contribution is 2.17. The first-order valence-corrected chi connectivity index (χ1v) is 8.92. The van der Waals surface area contributed by atoms with Crippen LogP contribution in [0.4, 0.5) is 15.6 Å². The van der Waals surface area contributed by atoms with Crippen LogP contribution < -0.4 is 16.0 Å². The van der Waals surface area contributed by atoms with Crippen molar-refractivity contribution in [3.05, 3.63) is 40.9 Å². The van der Waals surface area contributed by atoms with Crippen molar-refractivity contribution in [2.75, 3.05) is 44.9 Å². The lowest BCUT2D eigenvalue weighted by atomic mass is 10.2. The van der Waals surface area contributed by atoms with Crippen LogP contribution in [0.15, 0.2) is 29.6 Å². The van der Waals surface area contributed by atoms with E-state index >= 15 is 0 Å². The number of ether oxygens (including phenoxy) is 1. The summed E-state index contributed by atoms with van der Waals surface area (Å²) in [6.07, 6.45) is -0.591. The lowest BCUT2D eigenvalue weighted by Gasteiger charge is -2.09. The molecule has 3 N–H and O–H groups in total. The second kappa shape index (κ2) is 9.64. The molecule has 0 fully saturated rings. The maximum absolute atomic E-state index is 12.3. The molecule has 0 unspecified atom stereocenters. The minimum Gasteiger partial charge on any atom is -0.453 e. The summed E-state index contributed by atoms with van der Waals surface area (Å²) in [5, 5.41) is 9.82. The van der Waals surface area contributed by atoms with E-state index in [1.165, 1.54) is 18.4 Å². The van der Waals surface area contributed by atoms with Crippen LogP contribution in [0.5, 0.6) is 0 Å². The third kappa shape index (κ3) is 6.35. The number of benzene rings is 1. The summed E-state index contributed by atoms with van der Waals surface area (Å²) in [7, 11) is 5.10. The van der Waals surface area contributed by atoms with Gasteiger partial charge in [-0.2, -0.15) is 0 Å². The van der Waals surface area contributed by atoms with Crippen LogP contribution in [0.1, 0.15) is 20.8 Å². The molecule has 0 saturated heterocycles. The number of amides is 3. The van der Waals surface area contributed by atoms with Crippen LogP contribution in [-0.4, -0.2) is 62.1 Å². The Morgan fingerprint density at radius 3 is 2.44 bits per heavy atom. The third-order valence-corrected chi connectivity index (χ3v) is 4.14. The van der Waals surface area contributed by atoms with Crippen LogP contribution in [0.25, 0.3) is 0 Å². The Morgan fingerprint density at radius 1 is 1.11 bits per heavy atom. The minimum atomic E-state index is -0.591. The first-order valence-electron chi connectivity index (χ1n) is 8.04. The third-order valence-electron chi connectivity index (χ3n) is 3.38. The average Bonchev–Trinajstić information content (AvgIpc) is 3.10. The van der Waals surface area contributed by atoms with Crippen molar-refractivity contribution in [3.63, 3.8) is 0 Å². The van der Waals surface area contributed by atoms with E-state index in [1.807, 2.05) is 19.0 Å². The van der Waals surface area contributed by atoms with Crippen LogP contribution in [0.3, 0.4) is 0 Å². The smallest absolute Gasteiger partial charge is 0.411 e. The Morgan fingerprint density at radius 2 is 1.81 bits per heavy atom. The Bertz CT molecular complexity index is 804. The molecule has 0 radical (unpaired) electrons.